The highest BCUT2D eigenvalue weighted by Crippen LogP contribution is 2.29. The van der Waals surface area contributed by atoms with E-state index >= 15 is 0 Å². The second-order valence-corrected chi connectivity index (χ2v) is 8.72. The standard InChI is InChI=1S/C24H29N3O5/c28-22(26-9-2-1-3-10-26)16-31-19-6-4-5-17(13-19)24(29)27-11-7-21-20(14-27)25-23(32-21)18-8-12-30-15-18/h4-6,13,18H,1-3,7-12,14-16H2. The second-order valence-electron chi connectivity index (χ2n) is 8.72. The molecular formula is C24H29N3O5. The number of fused-ring (bicyclic) bond motifs is 1. The molecule has 32 heavy (non-hydrogen) atoms. The Morgan fingerprint density at radius 2 is 2.00 bits per heavy atom. The second kappa shape index (κ2) is 9.32. The summed E-state index contributed by atoms with van der Waals surface area (Å²) in [6, 6.07) is 7.06. The van der Waals surface area contributed by atoms with Gasteiger partial charge in [-0.2, -0.15) is 0 Å². The first-order valence-electron chi connectivity index (χ1n) is 11.5. The minimum Gasteiger partial charge on any atom is -0.484 e. The molecule has 1 atom stereocenters. The van der Waals surface area contributed by atoms with E-state index in [0.29, 0.717) is 37.4 Å². The van der Waals surface area contributed by atoms with Crippen LogP contribution in [-0.4, -0.2) is 66.1 Å². The number of benzene rings is 1. The first-order chi connectivity index (χ1) is 15.7. The van der Waals surface area contributed by atoms with E-state index < -0.39 is 0 Å². The Kier molecular flexibility index (Phi) is 6.12. The van der Waals surface area contributed by atoms with Crippen LogP contribution >= 0.6 is 0 Å². The summed E-state index contributed by atoms with van der Waals surface area (Å²) in [5.74, 6) is 2.28. The van der Waals surface area contributed by atoms with Crippen molar-refractivity contribution >= 4 is 11.8 Å². The maximum Gasteiger partial charge on any atom is 0.260 e. The van der Waals surface area contributed by atoms with Crippen LogP contribution in [0.1, 0.15) is 59.3 Å². The molecule has 1 aromatic heterocycles. The number of oxazole rings is 1. The number of hydrogen-bond donors (Lipinski definition) is 0. The third-order valence-electron chi connectivity index (χ3n) is 6.46. The van der Waals surface area contributed by atoms with E-state index in [4.69, 9.17) is 13.9 Å². The third-order valence-corrected chi connectivity index (χ3v) is 6.46. The van der Waals surface area contributed by atoms with Crippen LogP contribution in [0.25, 0.3) is 0 Å². The van der Waals surface area contributed by atoms with Gasteiger partial charge in [0.15, 0.2) is 12.5 Å². The number of hydrogen-bond acceptors (Lipinski definition) is 6. The van der Waals surface area contributed by atoms with Gasteiger partial charge >= 0.3 is 0 Å². The molecule has 8 heteroatoms. The first-order valence-corrected chi connectivity index (χ1v) is 11.5. The zero-order valence-electron chi connectivity index (χ0n) is 18.3. The van der Waals surface area contributed by atoms with Crippen LogP contribution in [0.15, 0.2) is 28.7 Å². The zero-order chi connectivity index (χ0) is 21.9. The van der Waals surface area contributed by atoms with Crippen LogP contribution in [0.5, 0.6) is 5.75 Å². The summed E-state index contributed by atoms with van der Waals surface area (Å²) in [5.41, 5.74) is 1.38. The number of nitrogens with zero attached hydrogens (tertiary/aromatic N) is 3. The fourth-order valence-corrected chi connectivity index (χ4v) is 4.58. The molecule has 170 valence electrons. The lowest BCUT2D eigenvalue weighted by atomic mass is 10.1. The van der Waals surface area contributed by atoms with Crippen molar-refractivity contribution in [1.82, 2.24) is 14.8 Å². The third kappa shape index (κ3) is 4.50. The molecule has 0 N–H and O–H groups in total. The van der Waals surface area contributed by atoms with Crippen molar-refractivity contribution in [3.05, 3.63) is 47.2 Å². The highest BCUT2D eigenvalue weighted by Gasteiger charge is 2.30. The molecule has 4 heterocycles. The number of rotatable bonds is 5. The number of amides is 2. The number of aromatic nitrogens is 1. The van der Waals surface area contributed by atoms with Gasteiger partial charge in [0.05, 0.1) is 19.1 Å². The van der Waals surface area contributed by atoms with Gasteiger partial charge in [0.2, 0.25) is 0 Å². The van der Waals surface area contributed by atoms with E-state index in [9.17, 15) is 9.59 Å². The van der Waals surface area contributed by atoms with Crippen molar-refractivity contribution < 1.29 is 23.5 Å². The zero-order valence-corrected chi connectivity index (χ0v) is 18.3. The average Bonchev–Trinajstić information content (AvgIpc) is 3.52. The summed E-state index contributed by atoms with van der Waals surface area (Å²) in [6.45, 7) is 4.01. The van der Waals surface area contributed by atoms with Gasteiger partial charge in [0, 0.05) is 38.2 Å². The Bertz CT molecular complexity index is 976. The minimum atomic E-state index is -0.0720. The van der Waals surface area contributed by atoms with Gasteiger partial charge in [-0.1, -0.05) is 6.07 Å². The van der Waals surface area contributed by atoms with Crippen LogP contribution < -0.4 is 4.74 Å². The average molecular weight is 440 g/mol. The highest BCUT2D eigenvalue weighted by atomic mass is 16.5. The first kappa shape index (κ1) is 21.0. The van der Waals surface area contributed by atoms with Crippen LogP contribution in [0.2, 0.25) is 0 Å². The molecule has 2 amide bonds. The van der Waals surface area contributed by atoms with Gasteiger partial charge in [-0.05, 0) is 43.9 Å². The molecule has 0 bridgehead atoms. The Morgan fingerprint density at radius 3 is 2.81 bits per heavy atom. The van der Waals surface area contributed by atoms with Crippen molar-refractivity contribution in [2.45, 2.75) is 44.6 Å². The summed E-state index contributed by atoms with van der Waals surface area (Å²) >= 11 is 0. The molecule has 0 radical (unpaired) electrons. The maximum atomic E-state index is 13.1. The van der Waals surface area contributed by atoms with E-state index in [1.54, 1.807) is 29.2 Å². The number of likely N-dealkylation sites (tertiary alicyclic amines) is 1. The van der Waals surface area contributed by atoms with E-state index in [-0.39, 0.29) is 24.3 Å². The number of carbonyl (C=O) groups is 2. The normalized spacial score (nSPS) is 20.8. The number of carbonyl (C=O) groups excluding carboxylic acids is 2. The summed E-state index contributed by atoms with van der Waals surface area (Å²) in [6.07, 6.45) is 4.86. The fourth-order valence-electron chi connectivity index (χ4n) is 4.58. The number of piperidine rings is 1. The van der Waals surface area contributed by atoms with Gasteiger partial charge in [-0.3, -0.25) is 9.59 Å². The predicted octanol–water partition coefficient (Wildman–Crippen LogP) is 2.77. The molecule has 1 unspecified atom stereocenters. The van der Waals surface area contributed by atoms with Crippen molar-refractivity contribution in [3.63, 3.8) is 0 Å². The van der Waals surface area contributed by atoms with Gasteiger partial charge in [-0.15, -0.1) is 0 Å². The Hall–Kier alpha value is -2.87. The van der Waals surface area contributed by atoms with Crippen LogP contribution in [0.3, 0.4) is 0 Å². The Balaban J connectivity index is 1.21. The van der Waals surface area contributed by atoms with Crippen molar-refractivity contribution in [2.24, 2.45) is 0 Å². The largest absolute Gasteiger partial charge is 0.484 e. The molecule has 5 rings (SSSR count). The lowest BCUT2D eigenvalue weighted by Crippen LogP contribution is -2.38. The maximum absolute atomic E-state index is 13.1. The minimum absolute atomic E-state index is 0.000474. The van der Waals surface area contributed by atoms with E-state index in [0.717, 1.165) is 56.3 Å². The molecule has 2 aromatic rings. The molecule has 1 aromatic carbocycles. The van der Waals surface area contributed by atoms with Crippen LogP contribution in [0.4, 0.5) is 0 Å². The summed E-state index contributed by atoms with van der Waals surface area (Å²) in [4.78, 5) is 33.8. The topological polar surface area (TPSA) is 85.1 Å². The summed E-state index contributed by atoms with van der Waals surface area (Å²) < 4.78 is 17.1. The molecule has 0 saturated carbocycles. The van der Waals surface area contributed by atoms with E-state index in [1.807, 2.05) is 4.90 Å². The van der Waals surface area contributed by atoms with Gasteiger partial charge < -0.3 is 23.7 Å². The quantitative estimate of drug-likeness (QED) is 0.712. The summed E-state index contributed by atoms with van der Waals surface area (Å²) in [7, 11) is 0. The van der Waals surface area contributed by atoms with E-state index in [1.165, 1.54) is 6.42 Å². The highest BCUT2D eigenvalue weighted by molar-refractivity contribution is 5.94. The SMILES string of the molecule is O=C(COc1cccc(C(=O)N2CCc3oc(C4CCOC4)nc3C2)c1)N1CCCCC1. The molecular weight excluding hydrogens is 410 g/mol. The molecule has 0 spiro atoms. The van der Waals surface area contributed by atoms with Crippen LogP contribution in [0, 0.1) is 0 Å². The van der Waals surface area contributed by atoms with Gasteiger partial charge in [0.1, 0.15) is 17.2 Å². The Labute approximate surface area is 187 Å². The van der Waals surface area contributed by atoms with Crippen molar-refractivity contribution in [3.8, 4) is 5.75 Å². The molecule has 0 aliphatic carbocycles. The van der Waals surface area contributed by atoms with Crippen LogP contribution in [-0.2, 0) is 22.5 Å². The molecule has 3 aliphatic rings. The number of ether oxygens (including phenoxy) is 2. The lowest BCUT2D eigenvalue weighted by Gasteiger charge is -2.27. The van der Waals surface area contributed by atoms with Crippen molar-refractivity contribution in [2.75, 3.05) is 39.5 Å². The monoisotopic (exact) mass is 439 g/mol. The predicted molar refractivity (Wildman–Crippen MR) is 115 cm³/mol. The molecule has 2 fully saturated rings. The van der Waals surface area contributed by atoms with E-state index in [2.05, 4.69) is 4.98 Å². The van der Waals surface area contributed by atoms with Gasteiger partial charge in [-0.25, -0.2) is 4.98 Å². The fraction of sp³-hybridized carbons (Fsp3) is 0.542. The summed E-state index contributed by atoms with van der Waals surface area (Å²) in [5, 5.41) is 0. The molecule has 3 aliphatic heterocycles. The molecule has 8 nitrogen and oxygen atoms in total. The Morgan fingerprint density at radius 1 is 1.12 bits per heavy atom. The molecule has 2 saturated heterocycles. The smallest absolute Gasteiger partial charge is 0.260 e. The van der Waals surface area contributed by atoms with Gasteiger partial charge in [0.25, 0.3) is 11.8 Å². The lowest BCUT2D eigenvalue weighted by molar-refractivity contribution is -0.134. The van der Waals surface area contributed by atoms with Crippen molar-refractivity contribution in [1.29, 1.82) is 0 Å².